The monoisotopic (exact) mass is 433 g/mol. The zero-order valence-corrected chi connectivity index (χ0v) is 17.3. The van der Waals surface area contributed by atoms with Gasteiger partial charge in [-0.1, -0.05) is 12.1 Å². The number of carbonyl (C=O) groups excluding carboxylic acids is 1. The minimum absolute atomic E-state index is 0.00652. The highest BCUT2D eigenvalue weighted by Gasteiger charge is 2.17. The second kappa shape index (κ2) is 8.47. The SMILES string of the molecule is [2H]C([2H])([2H])N1CCN(c2cc(C(=O)Cc3ncc4ccc(-c5cnn(C([2H])([2H])[2H])c5)cc4n3)ccn2)CC1. The summed E-state index contributed by atoms with van der Waals surface area (Å²) in [5.41, 5.74) is 2.50. The summed E-state index contributed by atoms with van der Waals surface area (Å²) in [6, 6.07) is 8.86. The van der Waals surface area contributed by atoms with Gasteiger partial charge >= 0.3 is 0 Å². The number of piperazine rings is 1. The van der Waals surface area contributed by atoms with Crippen LogP contribution in [-0.4, -0.2) is 68.6 Å². The van der Waals surface area contributed by atoms with E-state index in [0.717, 1.165) is 15.6 Å². The average Bonchev–Trinajstić information content (AvgIpc) is 3.39. The number of rotatable bonds is 5. The van der Waals surface area contributed by atoms with Crippen molar-refractivity contribution in [1.82, 2.24) is 29.6 Å². The van der Waals surface area contributed by atoms with Crippen LogP contribution in [0.5, 0.6) is 0 Å². The predicted molar refractivity (Wildman–Crippen MR) is 124 cm³/mol. The van der Waals surface area contributed by atoms with Crippen LogP contribution in [0.2, 0.25) is 0 Å². The van der Waals surface area contributed by atoms with Crippen molar-refractivity contribution >= 4 is 22.5 Å². The summed E-state index contributed by atoms with van der Waals surface area (Å²) in [5.74, 6) is 0.828. The van der Waals surface area contributed by atoms with E-state index in [1.165, 1.54) is 17.3 Å². The van der Waals surface area contributed by atoms with Crippen LogP contribution in [0.25, 0.3) is 22.0 Å². The van der Waals surface area contributed by atoms with E-state index in [1.807, 2.05) is 23.1 Å². The summed E-state index contributed by atoms with van der Waals surface area (Å²) in [6.07, 6.45) is 6.18. The summed E-state index contributed by atoms with van der Waals surface area (Å²) in [7, 11) is 0. The molecule has 1 fully saturated rings. The fourth-order valence-electron chi connectivity index (χ4n) is 3.74. The molecule has 0 radical (unpaired) electrons. The number of aromatic nitrogens is 5. The minimum Gasteiger partial charge on any atom is -0.354 e. The number of Topliss-reactive ketones (excluding diaryl/α,β-unsaturated/α-hetero) is 1. The van der Waals surface area contributed by atoms with Gasteiger partial charge in [-0.25, -0.2) is 15.0 Å². The van der Waals surface area contributed by atoms with Crippen LogP contribution in [0.1, 0.15) is 24.4 Å². The molecule has 0 spiro atoms. The van der Waals surface area contributed by atoms with Gasteiger partial charge in [0.25, 0.3) is 0 Å². The fraction of sp³-hybridized carbons (Fsp3) is 0.292. The molecule has 0 N–H and O–H groups in total. The highest BCUT2D eigenvalue weighted by Crippen LogP contribution is 2.23. The number of ketones is 1. The molecule has 1 aliphatic heterocycles. The van der Waals surface area contributed by atoms with Crippen molar-refractivity contribution in [3.05, 3.63) is 66.5 Å². The predicted octanol–water partition coefficient (Wildman–Crippen LogP) is 2.60. The first-order valence-electron chi connectivity index (χ1n) is 13.3. The molecule has 0 unspecified atom stereocenters. The Kier molecular flexibility index (Phi) is 3.82. The third-order valence-electron chi connectivity index (χ3n) is 5.54. The van der Waals surface area contributed by atoms with Gasteiger partial charge in [0.05, 0.1) is 18.1 Å². The second-order valence-electron chi connectivity index (χ2n) is 7.71. The molecule has 1 aliphatic rings. The fourth-order valence-corrected chi connectivity index (χ4v) is 3.74. The Balaban J connectivity index is 1.31. The van der Waals surface area contributed by atoms with E-state index in [9.17, 15) is 4.79 Å². The molecule has 8 nitrogen and oxygen atoms in total. The van der Waals surface area contributed by atoms with Gasteiger partial charge in [-0.05, 0) is 30.7 Å². The Labute approximate surface area is 195 Å². The molecule has 1 saturated heterocycles. The number of pyridine rings is 1. The zero-order valence-electron chi connectivity index (χ0n) is 23.3. The lowest BCUT2D eigenvalue weighted by Gasteiger charge is -2.33. The maximum Gasteiger partial charge on any atom is 0.170 e. The van der Waals surface area contributed by atoms with E-state index in [1.54, 1.807) is 24.5 Å². The molecule has 32 heavy (non-hydrogen) atoms. The molecule has 8 heteroatoms. The average molecular weight is 434 g/mol. The number of hydrogen-bond donors (Lipinski definition) is 0. The summed E-state index contributed by atoms with van der Waals surface area (Å²) in [5, 5.41) is 4.72. The van der Waals surface area contributed by atoms with E-state index < -0.39 is 14.0 Å². The smallest absolute Gasteiger partial charge is 0.170 e. The van der Waals surface area contributed by atoms with E-state index in [2.05, 4.69) is 20.1 Å². The van der Waals surface area contributed by atoms with Gasteiger partial charge < -0.3 is 9.80 Å². The summed E-state index contributed by atoms with van der Waals surface area (Å²) >= 11 is 0. The number of nitrogens with zero attached hydrogens (tertiary/aromatic N) is 7. The zero-order chi connectivity index (χ0) is 27.1. The number of likely N-dealkylation sites (N-methyl/N-ethyl adjacent to an activating group) is 1. The first-order chi connectivity index (χ1) is 18.0. The number of carbonyl (C=O) groups is 1. The lowest BCUT2D eigenvalue weighted by molar-refractivity contribution is 0.0991. The molecule has 0 amide bonds. The summed E-state index contributed by atoms with van der Waals surface area (Å²) in [6.45, 7) is -2.68. The van der Waals surface area contributed by atoms with Crippen molar-refractivity contribution in [2.24, 2.45) is 6.98 Å². The largest absolute Gasteiger partial charge is 0.354 e. The van der Waals surface area contributed by atoms with Crippen LogP contribution in [-0.2, 0) is 13.4 Å². The maximum absolute atomic E-state index is 13.1. The van der Waals surface area contributed by atoms with Gasteiger partial charge in [-0.3, -0.25) is 9.48 Å². The van der Waals surface area contributed by atoms with Crippen LogP contribution in [0.4, 0.5) is 5.82 Å². The van der Waals surface area contributed by atoms with Crippen LogP contribution >= 0.6 is 0 Å². The topological polar surface area (TPSA) is 80.0 Å². The van der Waals surface area contributed by atoms with Crippen molar-refractivity contribution in [2.75, 3.05) is 38.1 Å². The van der Waals surface area contributed by atoms with Crippen molar-refractivity contribution in [3.8, 4) is 11.1 Å². The molecule has 3 aromatic heterocycles. The Bertz CT molecular complexity index is 1480. The van der Waals surface area contributed by atoms with Gasteiger partial charge in [0.15, 0.2) is 5.78 Å². The Hall–Kier alpha value is -3.65. The minimum atomic E-state index is -2.36. The van der Waals surface area contributed by atoms with Crippen molar-refractivity contribution in [1.29, 1.82) is 0 Å². The highest BCUT2D eigenvalue weighted by molar-refractivity contribution is 5.98. The van der Waals surface area contributed by atoms with Gasteiger partial charge in [0.2, 0.25) is 0 Å². The number of aryl methyl sites for hydroxylation is 1. The molecule has 0 saturated carbocycles. The summed E-state index contributed by atoms with van der Waals surface area (Å²) < 4.78 is 46.1. The Morgan fingerprint density at radius 1 is 1.03 bits per heavy atom. The maximum atomic E-state index is 13.1. The standard InChI is InChI=1S/C24H25N7O/c1-29-7-9-31(10-8-29)24-12-18(5-6-25-24)22(32)13-23-26-14-19-4-3-17(11-21(19)28-23)20-15-27-30(2)16-20/h3-6,11-12,14-16H,7-10,13H2,1-2H3/i1D3,2D3. The third-order valence-corrected chi connectivity index (χ3v) is 5.54. The van der Waals surface area contributed by atoms with E-state index in [0.29, 0.717) is 54.5 Å². The quantitative estimate of drug-likeness (QED) is 0.448. The molecule has 0 atom stereocenters. The second-order valence-corrected chi connectivity index (χ2v) is 7.71. The first kappa shape index (κ1) is 14.4. The van der Waals surface area contributed by atoms with E-state index in [-0.39, 0.29) is 12.2 Å². The Morgan fingerprint density at radius 3 is 2.75 bits per heavy atom. The molecule has 162 valence electrons. The lowest BCUT2D eigenvalue weighted by atomic mass is 10.1. The van der Waals surface area contributed by atoms with Gasteiger partial charge in [-0.15, -0.1) is 0 Å². The highest BCUT2D eigenvalue weighted by atomic mass is 16.1. The van der Waals surface area contributed by atoms with E-state index >= 15 is 0 Å². The van der Waals surface area contributed by atoms with Crippen molar-refractivity contribution < 1.29 is 13.0 Å². The summed E-state index contributed by atoms with van der Waals surface area (Å²) in [4.78, 5) is 29.8. The molecule has 4 aromatic rings. The van der Waals surface area contributed by atoms with Crippen LogP contribution in [0.15, 0.2) is 55.1 Å². The third kappa shape index (κ3) is 4.22. The molecule has 5 rings (SSSR count). The Morgan fingerprint density at radius 2 is 1.94 bits per heavy atom. The molecule has 0 bridgehead atoms. The van der Waals surface area contributed by atoms with Crippen LogP contribution in [0, 0.1) is 0 Å². The number of benzene rings is 1. The van der Waals surface area contributed by atoms with Crippen molar-refractivity contribution in [2.45, 2.75) is 6.42 Å². The first-order valence-corrected chi connectivity index (χ1v) is 10.3. The van der Waals surface area contributed by atoms with Gasteiger partial charge in [-0.2, -0.15) is 5.10 Å². The van der Waals surface area contributed by atoms with Crippen molar-refractivity contribution in [3.63, 3.8) is 0 Å². The van der Waals surface area contributed by atoms with Crippen LogP contribution in [0.3, 0.4) is 0 Å². The number of anilines is 1. The van der Waals surface area contributed by atoms with E-state index in [4.69, 9.17) is 8.22 Å². The number of fused-ring (bicyclic) bond motifs is 1. The molecule has 4 heterocycles. The van der Waals surface area contributed by atoms with Gasteiger partial charge in [0, 0.05) is 76.5 Å². The normalized spacial score (nSPS) is 18.3. The molecule has 1 aromatic carbocycles. The molecular formula is C24H25N7O. The van der Waals surface area contributed by atoms with Gasteiger partial charge in [0.1, 0.15) is 11.6 Å². The van der Waals surface area contributed by atoms with Crippen LogP contribution < -0.4 is 4.90 Å². The molecular weight excluding hydrogens is 402 g/mol. The molecule has 0 aliphatic carbocycles. The number of hydrogen-bond acceptors (Lipinski definition) is 7. The lowest BCUT2D eigenvalue weighted by Crippen LogP contribution is -2.44.